The maximum atomic E-state index is 8.70. The van der Waals surface area contributed by atoms with E-state index >= 15 is 0 Å². The van der Waals surface area contributed by atoms with E-state index in [9.17, 15) is 0 Å². The van der Waals surface area contributed by atoms with Gasteiger partial charge in [0.2, 0.25) is 0 Å². The van der Waals surface area contributed by atoms with Crippen molar-refractivity contribution in [3.8, 4) is 17.6 Å². The van der Waals surface area contributed by atoms with Crippen LogP contribution in [0.4, 0.5) is 5.82 Å². The van der Waals surface area contributed by atoms with Gasteiger partial charge in [-0.15, -0.1) is 0 Å². The van der Waals surface area contributed by atoms with Crippen LogP contribution in [0, 0.1) is 11.3 Å². The molecule has 1 aromatic heterocycles. The fraction of sp³-hybridized carbons (Fsp3) is 0.267. The molecule has 6 heteroatoms. The van der Waals surface area contributed by atoms with Gasteiger partial charge < -0.3 is 14.8 Å². The highest BCUT2D eigenvalue weighted by Crippen LogP contribution is 2.30. The van der Waals surface area contributed by atoms with E-state index in [2.05, 4.69) is 15.3 Å². The normalized spacial score (nSPS) is 11.3. The number of methoxy groups -OCH3 is 2. The van der Waals surface area contributed by atoms with Crippen LogP contribution >= 0.6 is 0 Å². The second kappa shape index (κ2) is 6.57. The molecule has 108 valence electrons. The van der Waals surface area contributed by atoms with Crippen LogP contribution in [0.3, 0.4) is 0 Å². The number of ether oxygens (including phenoxy) is 2. The first kappa shape index (κ1) is 14.6. The molecule has 0 spiro atoms. The Balaban J connectivity index is 2.15. The van der Waals surface area contributed by atoms with Gasteiger partial charge in [-0.2, -0.15) is 5.26 Å². The Morgan fingerprint density at radius 3 is 2.48 bits per heavy atom. The van der Waals surface area contributed by atoms with Crippen LogP contribution in [0.15, 0.2) is 30.6 Å². The van der Waals surface area contributed by atoms with Gasteiger partial charge in [-0.05, 0) is 24.6 Å². The van der Waals surface area contributed by atoms with Crippen LogP contribution in [0.2, 0.25) is 0 Å². The minimum absolute atomic E-state index is 0.00652. The molecular formula is C15H16N4O2. The summed E-state index contributed by atoms with van der Waals surface area (Å²) in [5, 5.41) is 11.9. The summed E-state index contributed by atoms with van der Waals surface area (Å²) < 4.78 is 10.5. The molecule has 1 heterocycles. The molecule has 0 saturated heterocycles. The van der Waals surface area contributed by atoms with Gasteiger partial charge in [0.25, 0.3) is 0 Å². The van der Waals surface area contributed by atoms with Crippen molar-refractivity contribution in [3.05, 3.63) is 41.9 Å². The first-order valence-corrected chi connectivity index (χ1v) is 6.38. The van der Waals surface area contributed by atoms with E-state index in [0.29, 0.717) is 23.0 Å². The SMILES string of the molecule is COc1ccc(C(C)Nc2cnc(C#N)cn2)cc1OC. The van der Waals surface area contributed by atoms with Crippen molar-refractivity contribution < 1.29 is 9.47 Å². The molecule has 0 saturated carbocycles. The Morgan fingerprint density at radius 1 is 1.14 bits per heavy atom. The van der Waals surface area contributed by atoms with Gasteiger partial charge in [0.15, 0.2) is 17.2 Å². The molecule has 1 atom stereocenters. The summed E-state index contributed by atoms with van der Waals surface area (Å²) in [6, 6.07) is 7.66. The second-order valence-corrected chi connectivity index (χ2v) is 4.38. The molecule has 0 radical (unpaired) electrons. The van der Waals surface area contributed by atoms with Gasteiger partial charge in [0.05, 0.1) is 32.7 Å². The van der Waals surface area contributed by atoms with E-state index in [0.717, 1.165) is 5.56 Å². The topological polar surface area (TPSA) is 80.1 Å². The smallest absolute Gasteiger partial charge is 0.161 e. The molecule has 2 aromatic rings. The third kappa shape index (κ3) is 3.39. The van der Waals surface area contributed by atoms with E-state index < -0.39 is 0 Å². The van der Waals surface area contributed by atoms with Gasteiger partial charge in [-0.3, -0.25) is 0 Å². The van der Waals surface area contributed by atoms with E-state index in [-0.39, 0.29) is 6.04 Å². The van der Waals surface area contributed by atoms with E-state index in [1.165, 1.54) is 12.4 Å². The molecule has 0 amide bonds. The molecule has 6 nitrogen and oxygen atoms in total. The first-order chi connectivity index (χ1) is 10.2. The average Bonchev–Trinajstić information content (AvgIpc) is 2.54. The highest BCUT2D eigenvalue weighted by molar-refractivity contribution is 5.46. The van der Waals surface area contributed by atoms with Crippen molar-refractivity contribution in [1.29, 1.82) is 5.26 Å². The predicted molar refractivity (Wildman–Crippen MR) is 78.3 cm³/mol. The first-order valence-electron chi connectivity index (χ1n) is 6.38. The van der Waals surface area contributed by atoms with Gasteiger partial charge >= 0.3 is 0 Å². The molecule has 0 aliphatic carbocycles. The summed E-state index contributed by atoms with van der Waals surface area (Å²) in [5.41, 5.74) is 1.32. The molecule has 1 N–H and O–H groups in total. The van der Waals surface area contributed by atoms with Gasteiger partial charge in [0.1, 0.15) is 11.9 Å². The van der Waals surface area contributed by atoms with Crippen molar-refractivity contribution in [2.75, 3.05) is 19.5 Å². The Labute approximate surface area is 123 Å². The maximum absolute atomic E-state index is 8.70. The number of nitriles is 1. The molecular weight excluding hydrogens is 268 g/mol. The lowest BCUT2D eigenvalue weighted by molar-refractivity contribution is 0.354. The van der Waals surface area contributed by atoms with Crippen molar-refractivity contribution >= 4 is 5.82 Å². The minimum atomic E-state index is 0.00652. The molecule has 0 aliphatic heterocycles. The number of anilines is 1. The van der Waals surface area contributed by atoms with E-state index in [1.54, 1.807) is 14.2 Å². The lowest BCUT2D eigenvalue weighted by Crippen LogP contribution is -2.08. The van der Waals surface area contributed by atoms with Crippen LogP contribution in [0.1, 0.15) is 24.2 Å². The Kier molecular flexibility index (Phi) is 4.57. The van der Waals surface area contributed by atoms with E-state index in [4.69, 9.17) is 14.7 Å². The highest BCUT2D eigenvalue weighted by Gasteiger charge is 2.10. The fourth-order valence-corrected chi connectivity index (χ4v) is 1.89. The molecule has 21 heavy (non-hydrogen) atoms. The van der Waals surface area contributed by atoms with Gasteiger partial charge in [-0.1, -0.05) is 6.07 Å². The van der Waals surface area contributed by atoms with Gasteiger partial charge in [-0.25, -0.2) is 9.97 Å². The van der Waals surface area contributed by atoms with Crippen LogP contribution in [0.5, 0.6) is 11.5 Å². The van der Waals surface area contributed by atoms with Crippen molar-refractivity contribution in [2.24, 2.45) is 0 Å². The number of hydrogen-bond donors (Lipinski definition) is 1. The maximum Gasteiger partial charge on any atom is 0.161 e. The molecule has 0 fully saturated rings. The summed E-state index contributed by atoms with van der Waals surface area (Å²) in [5.74, 6) is 1.97. The third-order valence-electron chi connectivity index (χ3n) is 3.04. The number of nitrogens with one attached hydrogen (secondary N) is 1. The summed E-state index contributed by atoms with van der Waals surface area (Å²) >= 11 is 0. The lowest BCUT2D eigenvalue weighted by atomic mass is 10.1. The summed E-state index contributed by atoms with van der Waals surface area (Å²) in [7, 11) is 3.21. The van der Waals surface area contributed by atoms with Crippen molar-refractivity contribution in [2.45, 2.75) is 13.0 Å². The molecule has 0 bridgehead atoms. The van der Waals surface area contributed by atoms with Crippen molar-refractivity contribution in [3.63, 3.8) is 0 Å². The quantitative estimate of drug-likeness (QED) is 0.908. The Bertz CT molecular complexity index is 650. The second-order valence-electron chi connectivity index (χ2n) is 4.38. The number of hydrogen-bond acceptors (Lipinski definition) is 6. The fourth-order valence-electron chi connectivity index (χ4n) is 1.89. The van der Waals surface area contributed by atoms with Gasteiger partial charge in [0, 0.05) is 0 Å². The third-order valence-corrected chi connectivity index (χ3v) is 3.04. The zero-order chi connectivity index (χ0) is 15.2. The molecule has 1 unspecified atom stereocenters. The largest absolute Gasteiger partial charge is 0.493 e. The summed E-state index contributed by atoms with van der Waals surface area (Å²) in [4.78, 5) is 8.11. The average molecular weight is 284 g/mol. The predicted octanol–water partition coefficient (Wildman–Crippen LogP) is 2.54. The number of aromatic nitrogens is 2. The summed E-state index contributed by atoms with van der Waals surface area (Å²) in [6.07, 6.45) is 2.97. The molecule has 2 rings (SSSR count). The zero-order valence-corrected chi connectivity index (χ0v) is 12.1. The Hall–Kier alpha value is -2.81. The monoisotopic (exact) mass is 284 g/mol. The standard InChI is InChI=1S/C15H16N4O2/c1-10(19-15-9-17-12(7-16)8-18-15)11-4-5-13(20-2)14(6-11)21-3/h4-6,8-10H,1-3H3,(H,18,19). The molecule has 1 aromatic carbocycles. The highest BCUT2D eigenvalue weighted by atomic mass is 16.5. The zero-order valence-electron chi connectivity index (χ0n) is 12.1. The Morgan fingerprint density at radius 2 is 1.90 bits per heavy atom. The van der Waals surface area contributed by atoms with Crippen LogP contribution in [0.25, 0.3) is 0 Å². The number of nitrogens with zero attached hydrogens (tertiary/aromatic N) is 3. The number of rotatable bonds is 5. The summed E-state index contributed by atoms with van der Waals surface area (Å²) in [6.45, 7) is 2.00. The lowest BCUT2D eigenvalue weighted by Gasteiger charge is -2.16. The van der Waals surface area contributed by atoms with Crippen LogP contribution in [-0.4, -0.2) is 24.2 Å². The van der Waals surface area contributed by atoms with Crippen LogP contribution < -0.4 is 14.8 Å². The number of benzene rings is 1. The van der Waals surface area contributed by atoms with E-state index in [1.807, 2.05) is 31.2 Å². The minimum Gasteiger partial charge on any atom is -0.493 e. The van der Waals surface area contributed by atoms with Crippen LogP contribution in [-0.2, 0) is 0 Å². The van der Waals surface area contributed by atoms with Crippen molar-refractivity contribution in [1.82, 2.24) is 9.97 Å². The molecule has 0 aliphatic rings.